The molecule has 0 amide bonds. The summed E-state index contributed by atoms with van der Waals surface area (Å²) >= 11 is 3.78. The molecule has 0 saturated heterocycles. The highest BCUT2D eigenvalue weighted by molar-refractivity contribution is 7.19. The standard InChI is InChI=1S/C53H62O2S2/c1-7-31-53(32-8-2)47-35-41(51-29-27-49(56-51)39-15-21-43(22-16-39)54-33-11-9-13-37(3)4)19-25-45(47)46-26-20-42(36-48(46)53)52-30-28-50(57-52)40-17-23-44(24-18-40)55-34-12-10-14-38(5)6/h15-30,35-38H,7-14,31-34H2,1-6H3. The largest absolute Gasteiger partial charge is 0.494 e. The highest BCUT2D eigenvalue weighted by Gasteiger charge is 2.42. The van der Waals surface area contributed by atoms with E-state index in [0.29, 0.717) is 0 Å². The molecular weight excluding hydrogens is 733 g/mol. The first-order valence-corrected chi connectivity index (χ1v) is 23.4. The third-order valence-electron chi connectivity index (χ3n) is 11.7. The van der Waals surface area contributed by atoms with Crippen LogP contribution in [0.2, 0.25) is 0 Å². The first-order chi connectivity index (χ1) is 27.8. The van der Waals surface area contributed by atoms with Gasteiger partial charge in [0.05, 0.1) is 13.2 Å². The number of benzene rings is 4. The van der Waals surface area contributed by atoms with Crippen molar-refractivity contribution in [1.29, 1.82) is 0 Å². The van der Waals surface area contributed by atoms with Crippen LogP contribution in [0.3, 0.4) is 0 Å². The van der Waals surface area contributed by atoms with Crippen molar-refractivity contribution in [2.24, 2.45) is 11.8 Å². The first-order valence-electron chi connectivity index (χ1n) is 21.7. The molecule has 7 rings (SSSR count). The van der Waals surface area contributed by atoms with Gasteiger partial charge in [0.2, 0.25) is 0 Å². The summed E-state index contributed by atoms with van der Waals surface area (Å²) in [6, 6.07) is 41.1. The molecule has 0 atom stereocenters. The molecule has 0 unspecified atom stereocenters. The summed E-state index contributed by atoms with van der Waals surface area (Å²) in [5.41, 5.74) is 11.0. The van der Waals surface area contributed by atoms with Crippen LogP contribution in [0, 0.1) is 11.8 Å². The van der Waals surface area contributed by atoms with Gasteiger partial charge in [0.15, 0.2) is 0 Å². The van der Waals surface area contributed by atoms with E-state index in [4.69, 9.17) is 9.47 Å². The monoisotopic (exact) mass is 794 g/mol. The number of hydrogen-bond donors (Lipinski definition) is 0. The Morgan fingerprint density at radius 1 is 0.456 bits per heavy atom. The maximum absolute atomic E-state index is 6.06. The van der Waals surface area contributed by atoms with E-state index in [1.165, 1.54) is 89.7 Å². The Bertz CT molecular complexity index is 2030. The SMILES string of the molecule is CCCC1(CCC)c2cc(-c3ccc(-c4ccc(OCCCCC(C)C)cc4)s3)ccc2-c2ccc(-c3ccc(-c4ccc(OCCCCC(C)C)cc4)s3)cc21. The molecule has 4 heteroatoms. The first kappa shape index (κ1) is 41.1. The van der Waals surface area contributed by atoms with Gasteiger partial charge in [-0.1, -0.05) is 91.5 Å². The van der Waals surface area contributed by atoms with Gasteiger partial charge in [-0.25, -0.2) is 0 Å². The summed E-state index contributed by atoms with van der Waals surface area (Å²) in [6.45, 7) is 15.4. The van der Waals surface area contributed by atoms with Crippen molar-refractivity contribution in [3.05, 3.63) is 120 Å². The van der Waals surface area contributed by atoms with Gasteiger partial charge < -0.3 is 9.47 Å². The highest BCUT2D eigenvalue weighted by atomic mass is 32.1. The van der Waals surface area contributed by atoms with E-state index in [1.807, 2.05) is 22.7 Å². The van der Waals surface area contributed by atoms with Crippen molar-refractivity contribution in [3.8, 4) is 64.4 Å². The number of rotatable bonds is 20. The van der Waals surface area contributed by atoms with Crippen LogP contribution in [-0.2, 0) is 5.41 Å². The molecule has 1 aliphatic carbocycles. The lowest BCUT2D eigenvalue weighted by molar-refractivity contribution is 0.301. The number of unbranched alkanes of at least 4 members (excludes halogenated alkanes) is 2. The molecule has 1 aliphatic rings. The molecule has 57 heavy (non-hydrogen) atoms. The minimum Gasteiger partial charge on any atom is -0.494 e. The Hall–Kier alpha value is -4.12. The molecular formula is C53H62O2S2. The molecule has 0 aliphatic heterocycles. The Labute approximate surface area is 351 Å². The fourth-order valence-electron chi connectivity index (χ4n) is 8.74. The highest BCUT2D eigenvalue weighted by Crippen LogP contribution is 2.56. The second-order valence-corrected chi connectivity index (χ2v) is 19.1. The number of ether oxygens (including phenoxy) is 2. The lowest BCUT2D eigenvalue weighted by atomic mass is 9.71. The Morgan fingerprint density at radius 3 is 1.19 bits per heavy atom. The second-order valence-electron chi connectivity index (χ2n) is 17.0. The molecule has 298 valence electrons. The van der Waals surface area contributed by atoms with Crippen LogP contribution in [-0.4, -0.2) is 13.2 Å². The topological polar surface area (TPSA) is 18.5 Å². The predicted octanol–water partition coefficient (Wildman–Crippen LogP) is 16.8. The van der Waals surface area contributed by atoms with Crippen LogP contribution in [0.15, 0.2) is 109 Å². The van der Waals surface area contributed by atoms with Gasteiger partial charge in [-0.15, -0.1) is 22.7 Å². The molecule has 0 bridgehead atoms. The van der Waals surface area contributed by atoms with Gasteiger partial charge >= 0.3 is 0 Å². The van der Waals surface area contributed by atoms with Crippen LogP contribution in [0.4, 0.5) is 0 Å². The van der Waals surface area contributed by atoms with Gasteiger partial charge in [-0.05, 0) is 180 Å². The molecule has 0 fully saturated rings. The van der Waals surface area contributed by atoms with Crippen LogP contribution in [0.1, 0.15) is 117 Å². The van der Waals surface area contributed by atoms with E-state index < -0.39 is 0 Å². The van der Waals surface area contributed by atoms with Gasteiger partial charge in [0.1, 0.15) is 11.5 Å². The van der Waals surface area contributed by atoms with Crippen molar-refractivity contribution < 1.29 is 9.47 Å². The van der Waals surface area contributed by atoms with Crippen LogP contribution < -0.4 is 9.47 Å². The third kappa shape index (κ3) is 9.61. The predicted molar refractivity (Wildman–Crippen MR) is 248 cm³/mol. The summed E-state index contributed by atoms with van der Waals surface area (Å²) in [5, 5.41) is 0. The molecule has 4 aromatic carbocycles. The smallest absolute Gasteiger partial charge is 0.119 e. The van der Waals surface area contributed by atoms with E-state index in [0.717, 1.165) is 75.1 Å². The second kappa shape index (κ2) is 19.1. The van der Waals surface area contributed by atoms with Crippen molar-refractivity contribution in [3.63, 3.8) is 0 Å². The lowest BCUT2D eigenvalue weighted by Gasteiger charge is -2.32. The molecule has 0 radical (unpaired) electrons. The number of thiophene rings is 2. The molecule has 2 nitrogen and oxygen atoms in total. The van der Waals surface area contributed by atoms with Crippen molar-refractivity contribution in [2.75, 3.05) is 13.2 Å². The summed E-state index contributed by atoms with van der Waals surface area (Å²) < 4.78 is 12.1. The zero-order valence-electron chi connectivity index (χ0n) is 35.2. The van der Waals surface area contributed by atoms with E-state index in [1.54, 1.807) is 0 Å². The van der Waals surface area contributed by atoms with E-state index in [-0.39, 0.29) is 5.41 Å². The Balaban J connectivity index is 1.08. The maximum Gasteiger partial charge on any atom is 0.119 e. The number of hydrogen-bond acceptors (Lipinski definition) is 4. The average molecular weight is 795 g/mol. The van der Waals surface area contributed by atoms with Gasteiger partial charge in [-0.2, -0.15) is 0 Å². The Kier molecular flexibility index (Phi) is 13.7. The minimum atomic E-state index is 0.00953. The molecule has 2 heterocycles. The quantitative estimate of drug-likeness (QED) is 0.0717. The fourth-order valence-corrected chi connectivity index (χ4v) is 10.8. The molecule has 0 spiro atoms. The number of fused-ring (bicyclic) bond motifs is 3. The summed E-state index contributed by atoms with van der Waals surface area (Å²) in [6.07, 6.45) is 11.8. The summed E-state index contributed by atoms with van der Waals surface area (Å²) in [4.78, 5) is 5.23. The normalized spacial score (nSPS) is 13.0. The van der Waals surface area contributed by atoms with Crippen molar-refractivity contribution in [1.82, 2.24) is 0 Å². The van der Waals surface area contributed by atoms with Crippen molar-refractivity contribution in [2.45, 2.75) is 111 Å². The van der Waals surface area contributed by atoms with E-state index >= 15 is 0 Å². The van der Waals surface area contributed by atoms with Crippen LogP contribution >= 0.6 is 22.7 Å². The molecule has 6 aromatic rings. The summed E-state index contributed by atoms with van der Waals surface area (Å²) in [7, 11) is 0. The maximum atomic E-state index is 6.06. The van der Waals surface area contributed by atoms with E-state index in [9.17, 15) is 0 Å². The average Bonchev–Trinajstić information content (AvgIpc) is 3.97. The minimum absolute atomic E-state index is 0.00953. The fraction of sp³-hybridized carbons (Fsp3) is 0.396. The summed E-state index contributed by atoms with van der Waals surface area (Å²) in [5.74, 6) is 3.44. The third-order valence-corrected chi connectivity index (χ3v) is 14.0. The van der Waals surface area contributed by atoms with Crippen LogP contribution in [0.25, 0.3) is 52.9 Å². The Morgan fingerprint density at radius 2 is 0.825 bits per heavy atom. The zero-order chi connectivity index (χ0) is 39.8. The lowest BCUT2D eigenvalue weighted by Crippen LogP contribution is -2.25. The van der Waals surface area contributed by atoms with Gasteiger partial charge in [-0.3, -0.25) is 0 Å². The van der Waals surface area contributed by atoms with Crippen LogP contribution in [0.5, 0.6) is 11.5 Å². The van der Waals surface area contributed by atoms with Gasteiger partial charge in [0.25, 0.3) is 0 Å². The van der Waals surface area contributed by atoms with Crippen molar-refractivity contribution >= 4 is 22.7 Å². The van der Waals surface area contributed by atoms with E-state index in [2.05, 4.69) is 151 Å². The molecule has 2 aromatic heterocycles. The van der Waals surface area contributed by atoms with Gasteiger partial charge in [0, 0.05) is 24.9 Å². The molecule has 0 saturated carbocycles. The molecule has 0 N–H and O–H groups in total. The zero-order valence-corrected chi connectivity index (χ0v) is 36.8.